The number of carbonyl (C=O) groups excluding carboxylic acids is 1. The number of hydrogen-bond acceptors (Lipinski definition) is 3. The van der Waals surface area contributed by atoms with Gasteiger partial charge in [-0.15, -0.1) is 0 Å². The smallest absolute Gasteiger partial charge is 0.232 e. The fraction of sp³-hybridized carbons (Fsp3) is 0.500. The molecule has 1 aromatic rings. The summed E-state index contributed by atoms with van der Waals surface area (Å²) in [6.07, 6.45) is 2.14. The van der Waals surface area contributed by atoms with E-state index in [4.69, 9.17) is 10.7 Å². The molecule has 6 heteroatoms. The Hall–Kier alpha value is -1.07. The predicted molar refractivity (Wildman–Crippen MR) is 80.5 cm³/mol. The summed E-state index contributed by atoms with van der Waals surface area (Å²) in [6.45, 7) is 2.51. The zero-order chi connectivity index (χ0) is 14.8. The minimum atomic E-state index is -3.56. The summed E-state index contributed by atoms with van der Waals surface area (Å²) in [5.74, 6) is -0.397. The molecule has 0 N–H and O–H groups in total. The van der Waals surface area contributed by atoms with Crippen LogP contribution in [0.5, 0.6) is 0 Å². The Morgan fingerprint density at radius 2 is 2.05 bits per heavy atom. The van der Waals surface area contributed by atoms with Crippen molar-refractivity contribution in [3.05, 3.63) is 29.8 Å². The maximum atomic E-state index is 12.1. The highest BCUT2D eigenvalue weighted by molar-refractivity contribution is 8.13. The van der Waals surface area contributed by atoms with Crippen molar-refractivity contribution < 1.29 is 13.2 Å². The first kappa shape index (κ1) is 15.3. The third-order valence-electron chi connectivity index (χ3n) is 3.44. The lowest BCUT2D eigenvalue weighted by atomic mass is 10.1. The molecule has 1 atom stereocenters. The summed E-state index contributed by atoms with van der Waals surface area (Å²) < 4.78 is 22.3. The number of benzene rings is 1. The minimum absolute atomic E-state index is 0.0288. The zero-order valence-electron chi connectivity index (χ0n) is 11.4. The van der Waals surface area contributed by atoms with E-state index in [2.05, 4.69) is 6.92 Å². The molecule has 1 unspecified atom stereocenters. The van der Waals surface area contributed by atoms with Gasteiger partial charge in [-0.1, -0.05) is 31.5 Å². The van der Waals surface area contributed by atoms with Crippen molar-refractivity contribution in [2.24, 2.45) is 5.92 Å². The Morgan fingerprint density at radius 3 is 2.70 bits per heavy atom. The lowest BCUT2D eigenvalue weighted by Gasteiger charge is -2.20. The molecule has 2 rings (SSSR count). The topological polar surface area (TPSA) is 54.5 Å². The summed E-state index contributed by atoms with van der Waals surface area (Å²) in [4.78, 5) is 13.8. The van der Waals surface area contributed by atoms with Gasteiger partial charge >= 0.3 is 0 Å². The summed E-state index contributed by atoms with van der Waals surface area (Å²) in [6, 6.07) is 7.78. The van der Waals surface area contributed by atoms with E-state index >= 15 is 0 Å². The number of rotatable bonds is 5. The highest BCUT2D eigenvalue weighted by Crippen LogP contribution is 2.29. The summed E-state index contributed by atoms with van der Waals surface area (Å²) >= 11 is 0. The van der Waals surface area contributed by atoms with Gasteiger partial charge in [0.2, 0.25) is 15.0 Å². The molecule has 1 aromatic carbocycles. The number of para-hydroxylation sites is 1. The molecule has 0 saturated carbocycles. The van der Waals surface area contributed by atoms with Gasteiger partial charge in [0, 0.05) is 35.3 Å². The summed E-state index contributed by atoms with van der Waals surface area (Å²) in [5.41, 5.74) is 2.02. The van der Waals surface area contributed by atoms with Crippen LogP contribution in [0.1, 0.15) is 25.3 Å². The third-order valence-corrected chi connectivity index (χ3v) is 4.69. The number of hydrogen-bond donors (Lipinski definition) is 0. The van der Waals surface area contributed by atoms with Gasteiger partial charge in [0.05, 0.1) is 5.75 Å². The Balaban J connectivity index is 2.20. The average molecular weight is 316 g/mol. The van der Waals surface area contributed by atoms with Crippen LogP contribution in [-0.4, -0.2) is 26.6 Å². The summed E-state index contributed by atoms with van der Waals surface area (Å²) in [5, 5.41) is 0. The van der Waals surface area contributed by atoms with Crippen molar-refractivity contribution in [2.75, 3.05) is 17.2 Å². The van der Waals surface area contributed by atoms with Crippen molar-refractivity contribution in [3.8, 4) is 0 Å². The molecule has 1 aliphatic rings. The highest BCUT2D eigenvalue weighted by atomic mass is 35.7. The molecular formula is C14H18ClNO3S. The molecule has 0 bridgehead atoms. The van der Waals surface area contributed by atoms with E-state index in [1.807, 2.05) is 24.3 Å². The van der Waals surface area contributed by atoms with Crippen LogP contribution in [0.3, 0.4) is 0 Å². The SMILES string of the molecule is CCCc1ccccc1N1CC(CS(=O)(=O)Cl)CC1=O. The molecule has 1 heterocycles. The van der Waals surface area contributed by atoms with E-state index in [-0.39, 0.29) is 24.0 Å². The molecule has 4 nitrogen and oxygen atoms in total. The minimum Gasteiger partial charge on any atom is -0.312 e. The number of amides is 1. The Kier molecular flexibility index (Phi) is 4.70. The van der Waals surface area contributed by atoms with Gasteiger partial charge in [0.25, 0.3) is 0 Å². The summed E-state index contributed by atoms with van der Waals surface area (Å²) in [7, 11) is 1.71. The standard InChI is InChI=1S/C14H18ClNO3S/c1-2-5-12-6-3-4-7-13(12)16-9-11(8-14(16)17)10-20(15,18)19/h3-4,6-7,11H,2,5,8-10H2,1H3. The molecule has 1 fully saturated rings. The molecule has 20 heavy (non-hydrogen) atoms. The maximum absolute atomic E-state index is 12.1. The van der Waals surface area contributed by atoms with E-state index in [0.717, 1.165) is 24.1 Å². The number of halogens is 1. The second kappa shape index (κ2) is 6.14. The molecular weight excluding hydrogens is 298 g/mol. The van der Waals surface area contributed by atoms with Crippen molar-refractivity contribution in [1.82, 2.24) is 0 Å². The monoisotopic (exact) mass is 315 g/mol. The lowest BCUT2D eigenvalue weighted by molar-refractivity contribution is -0.117. The first-order chi connectivity index (χ1) is 9.40. The number of anilines is 1. The van der Waals surface area contributed by atoms with Crippen LogP contribution in [0.2, 0.25) is 0 Å². The van der Waals surface area contributed by atoms with E-state index in [9.17, 15) is 13.2 Å². The fourth-order valence-corrected chi connectivity index (χ4v) is 3.98. The molecule has 110 valence electrons. The van der Waals surface area contributed by atoms with E-state index in [1.54, 1.807) is 4.90 Å². The van der Waals surface area contributed by atoms with E-state index < -0.39 is 9.05 Å². The number of nitrogens with zero attached hydrogens (tertiary/aromatic N) is 1. The van der Waals surface area contributed by atoms with Crippen LogP contribution in [0, 0.1) is 5.92 Å². The van der Waals surface area contributed by atoms with Gasteiger partial charge < -0.3 is 4.90 Å². The number of carbonyl (C=O) groups is 1. The average Bonchev–Trinajstić information content (AvgIpc) is 2.69. The second-order valence-corrected chi connectivity index (χ2v) is 7.98. The molecule has 1 aliphatic heterocycles. The molecule has 0 spiro atoms. The molecule has 0 aliphatic carbocycles. The Bertz CT molecular complexity index is 600. The van der Waals surface area contributed by atoms with E-state index in [1.165, 1.54) is 0 Å². The molecule has 0 aromatic heterocycles. The normalized spacial score (nSPS) is 19.6. The highest BCUT2D eigenvalue weighted by Gasteiger charge is 2.33. The van der Waals surface area contributed by atoms with Crippen LogP contribution < -0.4 is 4.90 Å². The van der Waals surface area contributed by atoms with Crippen LogP contribution in [0.4, 0.5) is 5.69 Å². The second-order valence-electron chi connectivity index (χ2n) is 5.16. The first-order valence-electron chi connectivity index (χ1n) is 6.71. The maximum Gasteiger partial charge on any atom is 0.232 e. The molecule has 1 amide bonds. The quantitative estimate of drug-likeness (QED) is 0.785. The lowest BCUT2D eigenvalue weighted by Crippen LogP contribution is -2.26. The Labute approximate surface area is 124 Å². The van der Waals surface area contributed by atoms with Crippen LogP contribution in [0.25, 0.3) is 0 Å². The predicted octanol–water partition coefficient (Wildman–Crippen LogP) is 2.56. The van der Waals surface area contributed by atoms with Crippen molar-refractivity contribution in [3.63, 3.8) is 0 Å². The van der Waals surface area contributed by atoms with Crippen LogP contribution >= 0.6 is 10.7 Å². The van der Waals surface area contributed by atoms with Crippen molar-refractivity contribution >= 4 is 31.3 Å². The van der Waals surface area contributed by atoms with Crippen LogP contribution in [0.15, 0.2) is 24.3 Å². The largest absolute Gasteiger partial charge is 0.312 e. The third kappa shape index (κ3) is 3.73. The van der Waals surface area contributed by atoms with Gasteiger partial charge in [-0.3, -0.25) is 4.79 Å². The van der Waals surface area contributed by atoms with Gasteiger partial charge in [-0.2, -0.15) is 0 Å². The van der Waals surface area contributed by atoms with Gasteiger partial charge in [0.1, 0.15) is 0 Å². The Morgan fingerprint density at radius 1 is 1.35 bits per heavy atom. The zero-order valence-corrected chi connectivity index (χ0v) is 13.0. The van der Waals surface area contributed by atoms with Gasteiger partial charge in [0.15, 0.2) is 0 Å². The number of aryl methyl sites for hydroxylation is 1. The van der Waals surface area contributed by atoms with E-state index in [0.29, 0.717) is 6.54 Å². The van der Waals surface area contributed by atoms with Crippen molar-refractivity contribution in [1.29, 1.82) is 0 Å². The fourth-order valence-electron chi connectivity index (χ4n) is 2.66. The molecule has 1 saturated heterocycles. The van der Waals surface area contributed by atoms with Gasteiger partial charge in [-0.25, -0.2) is 8.42 Å². The molecule has 0 radical (unpaired) electrons. The van der Waals surface area contributed by atoms with Gasteiger partial charge in [-0.05, 0) is 18.1 Å². The van der Waals surface area contributed by atoms with Crippen LogP contribution in [-0.2, 0) is 20.3 Å². The van der Waals surface area contributed by atoms with Crippen molar-refractivity contribution in [2.45, 2.75) is 26.2 Å². The first-order valence-corrected chi connectivity index (χ1v) is 9.19.